The minimum atomic E-state index is -1.01. The molecule has 5 aliphatic rings. The monoisotopic (exact) mass is 649 g/mol. The van der Waals surface area contributed by atoms with Crippen LogP contribution in [0.15, 0.2) is 24.3 Å². The lowest BCUT2D eigenvalue weighted by molar-refractivity contribution is -0.124. The second-order valence-corrected chi connectivity index (χ2v) is 14.1. The number of ether oxygens (including phenoxy) is 1. The number of piperidine rings is 1. The van der Waals surface area contributed by atoms with Gasteiger partial charge < -0.3 is 25.0 Å². The average molecular weight is 650 g/mol. The molecular formula is C33H37ClFN7O4. The lowest BCUT2D eigenvalue weighted by Crippen LogP contribution is -2.59. The molecule has 13 heteroatoms. The second-order valence-electron chi connectivity index (χ2n) is 13.7. The van der Waals surface area contributed by atoms with Crippen LogP contribution in [0.3, 0.4) is 0 Å². The van der Waals surface area contributed by atoms with Crippen molar-refractivity contribution in [1.82, 2.24) is 25.5 Å². The first kappa shape index (κ1) is 29.5. The van der Waals surface area contributed by atoms with Crippen molar-refractivity contribution < 1.29 is 23.8 Å². The fourth-order valence-corrected chi connectivity index (χ4v) is 8.87. The average Bonchev–Trinajstić information content (AvgIpc) is 3.65. The molecule has 46 heavy (non-hydrogen) atoms. The minimum absolute atomic E-state index is 0.00682. The Balaban J connectivity index is 1.17. The number of halogens is 2. The first-order chi connectivity index (χ1) is 22.1. The van der Waals surface area contributed by atoms with Crippen LogP contribution in [0.5, 0.6) is 11.8 Å². The highest BCUT2D eigenvalue weighted by Crippen LogP contribution is 2.43. The number of aromatic nitrogens is 2. The van der Waals surface area contributed by atoms with Crippen LogP contribution in [0.1, 0.15) is 50.3 Å². The molecule has 0 saturated carbocycles. The van der Waals surface area contributed by atoms with Gasteiger partial charge in [0.15, 0.2) is 0 Å². The number of imide groups is 1. The molecule has 4 fully saturated rings. The Hall–Kier alpha value is -3.90. The molecule has 11 nitrogen and oxygen atoms in total. The van der Waals surface area contributed by atoms with Crippen LogP contribution in [0.2, 0.25) is 5.02 Å². The molecule has 242 valence electrons. The number of carbonyl (C=O) groups is 2. The van der Waals surface area contributed by atoms with E-state index in [1.807, 2.05) is 0 Å². The topological polar surface area (TPSA) is 123 Å². The van der Waals surface area contributed by atoms with E-state index in [1.54, 1.807) is 18.2 Å². The van der Waals surface area contributed by atoms with Crippen LogP contribution in [0.4, 0.5) is 20.7 Å². The summed E-state index contributed by atoms with van der Waals surface area (Å²) in [4.78, 5) is 41.7. The Morgan fingerprint density at radius 3 is 2.80 bits per heavy atom. The predicted octanol–water partition coefficient (Wildman–Crippen LogP) is 4.12. The number of fused-ring (bicyclic) bond motifs is 3. The highest BCUT2D eigenvalue weighted by Gasteiger charge is 2.50. The third-order valence-corrected chi connectivity index (χ3v) is 11.0. The van der Waals surface area contributed by atoms with E-state index in [4.69, 9.17) is 26.3 Å². The molecule has 1 aromatic heterocycles. The van der Waals surface area contributed by atoms with Crippen molar-refractivity contribution in [2.45, 2.75) is 63.1 Å². The minimum Gasteiger partial charge on any atom is -0.508 e. The molecule has 3 N–H and O–H groups in total. The van der Waals surface area contributed by atoms with E-state index in [2.05, 4.69) is 32.3 Å². The van der Waals surface area contributed by atoms with Gasteiger partial charge in [-0.3, -0.25) is 15.0 Å². The fourth-order valence-electron chi connectivity index (χ4n) is 8.60. The fraction of sp³-hybridized carbons (Fsp3) is 0.515. The first-order valence-electron chi connectivity index (χ1n) is 16.1. The zero-order valence-electron chi connectivity index (χ0n) is 25.7. The van der Waals surface area contributed by atoms with E-state index < -0.39 is 17.4 Å². The molecule has 1 unspecified atom stereocenters. The van der Waals surface area contributed by atoms with Gasteiger partial charge in [0.25, 0.3) is 5.91 Å². The number of carbonyl (C=O) groups excluding carboxylic acids is 2. The predicted molar refractivity (Wildman–Crippen MR) is 171 cm³/mol. The van der Waals surface area contributed by atoms with Gasteiger partial charge in [0.2, 0.25) is 0 Å². The zero-order chi connectivity index (χ0) is 31.8. The number of amides is 3. The molecule has 6 heterocycles. The van der Waals surface area contributed by atoms with E-state index in [1.165, 1.54) is 6.07 Å². The van der Waals surface area contributed by atoms with Crippen LogP contribution in [-0.4, -0.2) is 82.3 Å². The van der Waals surface area contributed by atoms with Gasteiger partial charge >= 0.3 is 12.0 Å². The summed E-state index contributed by atoms with van der Waals surface area (Å²) in [6, 6.07) is 5.91. The van der Waals surface area contributed by atoms with Crippen molar-refractivity contribution in [3.8, 4) is 11.8 Å². The summed E-state index contributed by atoms with van der Waals surface area (Å²) in [5.41, 5.74) is 1.29. The van der Waals surface area contributed by atoms with Crippen molar-refractivity contribution >= 4 is 45.8 Å². The number of hydrogen-bond acceptors (Lipinski definition) is 9. The third kappa shape index (κ3) is 4.79. The maximum atomic E-state index is 14.6. The molecule has 0 radical (unpaired) electrons. The smallest absolute Gasteiger partial charge is 0.322 e. The Kier molecular flexibility index (Phi) is 6.95. The summed E-state index contributed by atoms with van der Waals surface area (Å²) in [7, 11) is 0. The standard InChI is InChI=1S/C33H37ClFN7O4/c1-19-14-32(7-2-10-42(32)15-19)18-46-31-36-24-16-40(25-13-21(43)12-20-4-5-23(35)27(34)26(20)25)11-6-22(24)28(37-31)41-9-3-8-33(17-41)29(44)38-30(45)39-33/h4-5,12-13,19,43H,2-3,6-11,14-18H2,1H3,(H2,38,39,44,45)/t19-,32+,33?/m1/s1. The van der Waals surface area contributed by atoms with Gasteiger partial charge in [-0.15, -0.1) is 0 Å². The maximum Gasteiger partial charge on any atom is 0.322 e. The molecule has 3 aromatic rings. The SMILES string of the molecule is C[C@H]1CN2CCC[C@@]2(COc2nc3c(c(N4CCCC5(C4)NC(=O)NC5=O)n2)CCN(c2cc(O)cc4ccc(F)c(Cl)c24)C3)C1. The lowest BCUT2D eigenvalue weighted by atomic mass is 9.88. The van der Waals surface area contributed by atoms with Crippen molar-refractivity contribution in [1.29, 1.82) is 0 Å². The molecule has 0 aliphatic carbocycles. The number of phenolic OH excluding ortho intramolecular Hbond substituents is 1. The van der Waals surface area contributed by atoms with Crippen molar-refractivity contribution in [2.75, 3.05) is 49.1 Å². The van der Waals surface area contributed by atoms with Gasteiger partial charge in [0, 0.05) is 36.7 Å². The molecule has 1 spiro atoms. The second kappa shape index (κ2) is 10.8. The summed E-state index contributed by atoms with van der Waals surface area (Å²) >= 11 is 6.49. The number of benzene rings is 2. The van der Waals surface area contributed by atoms with Gasteiger partial charge in [-0.05, 0) is 68.5 Å². The largest absolute Gasteiger partial charge is 0.508 e. The normalized spacial score (nSPS) is 27.7. The molecule has 3 atom stereocenters. The Morgan fingerprint density at radius 1 is 1.13 bits per heavy atom. The molecule has 4 saturated heterocycles. The molecule has 0 bridgehead atoms. The Bertz CT molecular complexity index is 1780. The number of nitrogens with one attached hydrogen (secondary N) is 2. The van der Waals surface area contributed by atoms with Crippen LogP contribution in [0, 0.1) is 11.7 Å². The van der Waals surface area contributed by atoms with Crippen molar-refractivity contribution in [3.05, 3.63) is 46.4 Å². The third-order valence-electron chi connectivity index (χ3n) is 10.6. The highest BCUT2D eigenvalue weighted by atomic mass is 35.5. The van der Waals surface area contributed by atoms with E-state index in [9.17, 15) is 19.1 Å². The first-order valence-corrected chi connectivity index (χ1v) is 16.5. The van der Waals surface area contributed by atoms with Crippen molar-refractivity contribution in [3.63, 3.8) is 0 Å². The summed E-state index contributed by atoms with van der Waals surface area (Å²) < 4.78 is 21.1. The summed E-state index contributed by atoms with van der Waals surface area (Å²) in [6.07, 6.45) is 5.10. The van der Waals surface area contributed by atoms with Gasteiger partial charge in [-0.2, -0.15) is 9.97 Å². The van der Waals surface area contributed by atoms with E-state index in [-0.39, 0.29) is 28.2 Å². The number of phenols is 1. The van der Waals surface area contributed by atoms with E-state index in [0.717, 1.165) is 43.6 Å². The number of hydrogen-bond donors (Lipinski definition) is 3. The van der Waals surface area contributed by atoms with Crippen LogP contribution >= 0.6 is 11.6 Å². The molecular weight excluding hydrogens is 613 g/mol. The van der Waals surface area contributed by atoms with Gasteiger partial charge in [0.05, 0.1) is 35.0 Å². The van der Waals surface area contributed by atoms with Crippen LogP contribution < -0.4 is 25.2 Å². The van der Waals surface area contributed by atoms with E-state index in [0.29, 0.717) is 80.2 Å². The number of urea groups is 1. The quantitative estimate of drug-likeness (QED) is 0.350. The summed E-state index contributed by atoms with van der Waals surface area (Å²) in [5, 5.41) is 17.0. The van der Waals surface area contributed by atoms with Crippen LogP contribution in [0.25, 0.3) is 10.8 Å². The number of aromatic hydroxyl groups is 1. The summed E-state index contributed by atoms with van der Waals surface area (Å²) in [6.45, 7) is 6.78. The molecule has 5 aliphatic heterocycles. The number of anilines is 2. The molecule has 3 amide bonds. The van der Waals surface area contributed by atoms with Gasteiger partial charge in [-0.1, -0.05) is 24.6 Å². The van der Waals surface area contributed by atoms with Gasteiger partial charge in [0.1, 0.15) is 29.5 Å². The number of rotatable bonds is 5. The highest BCUT2D eigenvalue weighted by molar-refractivity contribution is 6.37. The lowest BCUT2D eigenvalue weighted by Gasteiger charge is -2.40. The Labute approximate surface area is 271 Å². The van der Waals surface area contributed by atoms with Gasteiger partial charge in [-0.25, -0.2) is 9.18 Å². The maximum absolute atomic E-state index is 14.6. The van der Waals surface area contributed by atoms with Crippen molar-refractivity contribution in [2.24, 2.45) is 5.92 Å². The van der Waals surface area contributed by atoms with Crippen LogP contribution in [-0.2, 0) is 17.8 Å². The molecule has 8 rings (SSSR count). The zero-order valence-corrected chi connectivity index (χ0v) is 26.5. The molecule has 2 aromatic carbocycles. The summed E-state index contributed by atoms with van der Waals surface area (Å²) in [5.74, 6) is 0.526. The Morgan fingerprint density at radius 2 is 1.98 bits per heavy atom. The van der Waals surface area contributed by atoms with E-state index >= 15 is 0 Å². The number of nitrogens with zero attached hydrogens (tertiary/aromatic N) is 5.